The van der Waals surface area contributed by atoms with E-state index in [1.165, 1.54) is 18.6 Å². The molecule has 1 heterocycles. The van der Waals surface area contributed by atoms with E-state index >= 15 is 0 Å². The molecule has 0 amide bonds. The van der Waals surface area contributed by atoms with Gasteiger partial charge < -0.3 is 9.30 Å². The highest BCUT2D eigenvalue weighted by Gasteiger charge is 2.33. The molecule has 1 fully saturated rings. The Morgan fingerprint density at radius 3 is 2.77 bits per heavy atom. The highest BCUT2D eigenvalue weighted by Crippen LogP contribution is 2.35. The molecular weight excluding hydrogens is 379 g/mol. The van der Waals surface area contributed by atoms with Crippen LogP contribution in [0.1, 0.15) is 40.0 Å². The van der Waals surface area contributed by atoms with Crippen LogP contribution < -0.4 is 0 Å². The smallest absolute Gasteiger partial charge is 0.326 e. The fourth-order valence-electron chi connectivity index (χ4n) is 4.67. The number of aromatic nitrogens is 2. The van der Waals surface area contributed by atoms with E-state index in [2.05, 4.69) is 25.8 Å². The Hall–Kier alpha value is -2.69. The number of para-hydroxylation sites is 2. The van der Waals surface area contributed by atoms with Crippen molar-refractivity contribution in [2.24, 2.45) is 17.8 Å². The van der Waals surface area contributed by atoms with Crippen LogP contribution in [-0.2, 0) is 16.1 Å². The molecule has 2 aromatic carbocycles. The van der Waals surface area contributed by atoms with Crippen LogP contribution >= 0.6 is 0 Å². The van der Waals surface area contributed by atoms with Crippen LogP contribution in [0.25, 0.3) is 22.4 Å². The van der Waals surface area contributed by atoms with Crippen LogP contribution in [0.3, 0.4) is 0 Å². The zero-order chi connectivity index (χ0) is 21.3. The summed E-state index contributed by atoms with van der Waals surface area (Å²) in [5.74, 6) is 1.42. The number of carbonyl (C=O) groups excluding carboxylic acids is 1. The first-order chi connectivity index (χ1) is 14.4. The number of hydrogen-bond acceptors (Lipinski definition) is 3. The number of benzene rings is 2. The predicted molar refractivity (Wildman–Crippen MR) is 116 cm³/mol. The third-order valence-electron chi connectivity index (χ3n) is 6.27. The summed E-state index contributed by atoms with van der Waals surface area (Å²) >= 11 is 0. The maximum absolute atomic E-state index is 13.8. The van der Waals surface area contributed by atoms with Crippen molar-refractivity contribution in [3.05, 3.63) is 54.3 Å². The van der Waals surface area contributed by atoms with E-state index in [0.29, 0.717) is 29.1 Å². The second-order valence-corrected chi connectivity index (χ2v) is 8.88. The maximum Gasteiger partial charge on any atom is 0.326 e. The fourth-order valence-corrected chi connectivity index (χ4v) is 4.67. The van der Waals surface area contributed by atoms with E-state index in [0.717, 1.165) is 23.9 Å². The zero-order valence-corrected chi connectivity index (χ0v) is 17.8. The fraction of sp³-hybridized carbons (Fsp3) is 0.440. The van der Waals surface area contributed by atoms with Crippen LogP contribution in [0, 0.1) is 23.6 Å². The average Bonchev–Trinajstić information content (AvgIpc) is 3.06. The van der Waals surface area contributed by atoms with Gasteiger partial charge >= 0.3 is 5.97 Å². The number of rotatable bonds is 5. The summed E-state index contributed by atoms with van der Waals surface area (Å²) < 4.78 is 21.7. The van der Waals surface area contributed by atoms with Crippen molar-refractivity contribution >= 4 is 17.0 Å². The molecule has 0 radical (unpaired) electrons. The molecular formula is C25H29FN2O2. The van der Waals surface area contributed by atoms with Gasteiger partial charge in [0.15, 0.2) is 0 Å². The van der Waals surface area contributed by atoms with E-state index in [-0.39, 0.29) is 24.4 Å². The van der Waals surface area contributed by atoms with E-state index < -0.39 is 0 Å². The van der Waals surface area contributed by atoms with Crippen molar-refractivity contribution in [3.8, 4) is 11.4 Å². The number of halogens is 1. The van der Waals surface area contributed by atoms with Crippen molar-refractivity contribution in [2.75, 3.05) is 0 Å². The van der Waals surface area contributed by atoms with Crippen LogP contribution in [0.2, 0.25) is 0 Å². The molecule has 4 nitrogen and oxygen atoms in total. The highest BCUT2D eigenvalue weighted by molar-refractivity contribution is 5.83. The molecule has 0 aliphatic heterocycles. The summed E-state index contributed by atoms with van der Waals surface area (Å²) in [7, 11) is 0. The molecule has 3 aromatic rings. The maximum atomic E-state index is 13.8. The minimum absolute atomic E-state index is 0.0475. The van der Waals surface area contributed by atoms with Crippen LogP contribution in [0.4, 0.5) is 4.39 Å². The van der Waals surface area contributed by atoms with Gasteiger partial charge in [0.25, 0.3) is 0 Å². The summed E-state index contributed by atoms with van der Waals surface area (Å²) in [6, 6.07) is 14.0. The van der Waals surface area contributed by atoms with Gasteiger partial charge in [-0.1, -0.05) is 51.5 Å². The normalized spacial score (nSPS) is 21.8. The minimum atomic E-state index is -0.329. The lowest BCUT2D eigenvalue weighted by atomic mass is 9.75. The molecule has 1 aliphatic rings. The zero-order valence-electron chi connectivity index (χ0n) is 17.8. The standard InChI is InChI=1S/C25H29FN2O2/c1-16(2)20-12-11-17(3)13-23(20)30-24(29)15-28-22-10-5-4-9-21(22)27-25(28)18-7-6-8-19(26)14-18/h4-10,14,16-17,20,23H,11-13,15H2,1-3H3/t17?,20?,23-/m1/s1. The third kappa shape index (κ3) is 4.25. The topological polar surface area (TPSA) is 44.1 Å². The molecule has 158 valence electrons. The molecule has 3 atom stereocenters. The van der Waals surface area contributed by atoms with Gasteiger partial charge in [-0.15, -0.1) is 0 Å². The quantitative estimate of drug-likeness (QED) is 0.498. The summed E-state index contributed by atoms with van der Waals surface area (Å²) in [6.07, 6.45) is 3.15. The Morgan fingerprint density at radius 2 is 2.00 bits per heavy atom. The van der Waals surface area contributed by atoms with Gasteiger partial charge in [-0.05, 0) is 54.9 Å². The number of carbonyl (C=O) groups is 1. The number of fused-ring (bicyclic) bond motifs is 1. The largest absolute Gasteiger partial charge is 0.461 e. The molecule has 0 bridgehead atoms. The first-order valence-corrected chi connectivity index (χ1v) is 10.8. The molecule has 5 heteroatoms. The number of nitrogens with zero attached hydrogens (tertiary/aromatic N) is 2. The lowest BCUT2D eigenvalue weighted by Crippen LogP contribution is -2.36. The Labute approximate surface area is 177 Å². The second-order valence-electron chi connectivity index (χ2n) is 8.88. The van der Waals surface area contributed by atoms with Gasteiger partial charge in [0.1, 0.15) is 24.3 Å². The number of ether oxygens (including phenoxy) is 1. The summed E-state index contributed by atoms with van der Waals surface area (Å²) in [5.41, 5.74) is 2.26. The Bertz CT molecular complexity index is 1040. The third-order valence-corrected chi connectivity index (χ3v) is 6.27. The summed E-state index contributed by atoms with van der Waals surface area (Å²) in [4.78, 5) is 17.7. The van der Waals surface area contributed by atoms with Crippen molar-refractivity contribution in [1.82, 2.24) is 9.55 Å². The molecule has 30 heavy (non-hydrogen) atoms. The second kappa shape index (κ2) is 8.58. The number of imidazole rings is 1. The van der Waals surface area contributed by atoms with E-state index in [1.54, 1.807) is 6.07 Å². The molecule has 1 aliphatic carbocycles. The summed E-state index contributed by atoms with van der Waals surface area (Å²) in [6.45, 7) is 6.69. The Balaban J connectivity index is 1.63. The molecule has 0 saturated heterocycles. The minimum Gasteiger partial charge on any atom is -0.461 e. The Kier molecular flexibility index (Phi) is 5.89. The number of esters is 1. The average molecular weight is 409 g/mol. The monoisotopic (exact) mass is 408 g/mol. The van der Waals surface area contributed by atoms with Crippen molar-refractivity contribution < 1.29 is 13.9 Å². The molecule has 4 rings (SSSR count). The van der Waals surface area contributed by atoms with Gasteiger partial charge in [0, 0.05) is 5.56 Å². The van der Waals surface area contributed by atoms with Crippen molar-refractivity contribution in [2.45, 2.75) is 52.7 Å². The predicted octanol–water partition coefficient (Wildman–Crippen LogP) is 5.85. The lowest BCUT2D eigenvalue weighted by Gasteiger charge is -2.36. The molecule has 1 saturated carbocycles. The van der Waals surface area contributed by atoms with Gasteiger partial charge in [-0.3, -0.25) is 4.79 Å². The molecule has 0 N–H and O–H groups in total. The van der Waals surface area contributed by atoms with E-state index in [9.17, 15) is 9.18 Å². The highest BCUT2D eigenvalue weighted by atomic mass is 19.1. The molecule has 0 spiro atoms. The van der Waals surface area contributed by atoms with Crippen molar-refractivity contribution in [1.29, 1.82) is 0 Å². The van der Waals surface area contributed by atoms with Crippen LogP contribution in [0.15, 0.2) is 48.5 Å². The SMILES string of the molecule is CC1CCC(C(C)C)[C@H](OC(=O)Cn2c(-c3cccc(F)c3)nc3ccccc32)C1. The van der Waals surface area contributed by atoms with E-state index in [1.807, 2.05) is 34.9 Å². The number of hydrogen-bond donors (Lipinski definition) is 0. The summed E-state index contributed by atoms with van der Waals surface area (Å²) in [5, 5.41) is 0. The van der Waals surface area contributed by atoms with Gasteiger partial charge in [0.05, 0.1) is 11.0 Å². The van der Waals surface area contributed by atoms with Gasteiger partial charge in [-0.25, -0.2) is 9.37 Å². The Morgan fingerprint density at radius 1 is 1.20 bits per heavy atom. The van der Waals surface area contributed by atoms with Crippen molar-refractivity contribution in [3.63, 3.8) is 0 Å². The lowest BCUT2D eigenvalue weighted by molar-refractivity contribution is -0.156. The van der Waals surface area contributed by atoms with Gasteiger partial charge in [-0.2, -0.15) is 0 Å². The first kappa shape index (κ1) is 20.6. The van der Waals surface area contributed by atoms with Crippen LogP contribution in [0.5, 0.6) is 0 Å². The molecule has 2 unspecified atom stereocenters. The first-order valence-electron chi connectivity index (χ1n) is 10.8. The van der Waals surface area contributed by atoms with E-state index in [4.69, 9.17) is 4.74 Å². The van der Waals surface area contributed by atoms with Gasteiger partial charge in [0.2, 0.25) is 0 Å². The molecule has 1 aromatic heterocycles. The van der Waals surface area contributed by atoms with Crippen LogP contribution in [-0.4, -0.2) is 21.6 Å².